The first-order valence-corrected chi connectivity index (χ1v) is 7.43. The summed E-state index contributed by atoms with van der Waals surface area (Å²) in [5, 5.41) is 6.84. The van der Waals surface area contributed by atoms with Crippen LogP contribution in [0.2, 0.25) is 0 Å². The second-order valence-corrected chi connectivity index (χ2v) is 5.46. The van der Waals surface area contributed by atoms with Crippen LogP contribution in [-0.2, 0) is 0 Å². The van der Waals surface area contributed by atoms with Crippen LogP contribution < -0.4 is 5.32 Å². The van der Waals surface area contributed by atoms with Crippen molar-refractivity contribution in [3.63, 3.8) is 0 Å². The normalized spacial score (nSPS) is 13.2. The van der Waals surface area contributed by atoms with Crippen LogP contribution in [0.4, 0.5) is 0 Å². The highest BCUT2D eigenvalue weighted by molar-refractivity contribution is 7.09. The minimum absolute atomic E-state index is 0.361. The van der Waals surface area contributed by atoms with Gasteiger partial charge in [-0.15, -0.1) is 11.3 Å². The van der Waals surface area contributed by atoms with E-state index in [2.05, 4.69) is 48.3 Å². The van der Waals surface area contributed by atoms with Crippen molar-refractivity contribution in [1.29, 1.82) is 0 Å². The Labute approximate surface area is 109 Å². The molecule has 1 unspecified atom stereocenters. The largest absolute Gasteiger partial charge is 0.308 e. The maximum Gasteiger partial charge on any atom is 0.0898 e. The van der Waals surface area contributed by atoms with E-state index >= 15 is 0 Å². The van der Waals surface area contributed by atoms with Crippen molar-refractivity contribution in [1.82, 2.24) is 15.2 Å². The molecule has 0 saturated carbocycles. The van der Waals surface area contributed by atoms with Crippen molar-refractivity contribution in [3.8, 4) is 0 Å². The molecule has 3 nitrogen and oxygen atoms in total. The van der Waals surface area contributed by atoms with Gasteiger partial charge in [-0.3, -0.25) is 0 Å². The summed E-state index contributed by atoms with van der Waals surface area (Å²) in [4.78, 5) is 6.99. The van der Waals surface area contributed by atoms with E-state index in [1.165, 1.54) is 18.7 Å². The van der Waals surface area contributed by atoms with E-state index in [0.29, 0.717) is 6.04 Å². The van der Waals surface area contributed by atoms with Gasteiger partial charge in [0.05, 0.1) is 10.7 Å². The van der Waals surface area contributed by atoms with Gasteiger partial charge in [-0.1, -0.05) is 13.8 Å². The third-order valence-corrected chi connectivity index (χ3v) is 3.74. The van der Waals surface area contributed by atoms with E-state index in [0.717, 1.165) is 24.6 Å². The molecule has 0 aromatic carbocycles. The number of hydrogen-bond donors (Lipinski definition) is 1. The Kier molecular flexibility index (Phi) is 6.70. The SMILES string of the molecule is CCCN(CC)CCNC(C)c1csc(C)n1. The Morgan fingerprint density at radius 3 is 2.71 bits per heavy atom. The number of nitrogens with one attached hydrogen (secondary N) is 1. The summed E-state index contributed by atoms with van der Waals surface area (Å²) in [6, 6.07) is 0.361. The maximum atomic E-state index is 4.51. The van der Waals surface area contributed by atoms with Gasteiger partial charge in [0.15, 0.2) is 0 Å². The number of rotatable bonds is 8. The van der Waals surface area contributed by atoms with Crippen molar-refractivity contribution in [2.24, 2.45) is 0 Å². The zero-order valence-electron chi connectivity index (χ0n) is 11.5. The fraction of sp³-hybridized carbons (Fsp3) is 0.769. The molecule has 1 aromatic heterocycles. The van der Waals surface area contributed by atoms with E-state index in [1.807, 2.05) is 0 Å². The number of hydrogen-bond acceptors (Lipinski definition) is 4. The molecule has 0 spiro atoms. The van der Waals surface area contributed by atoms with E-state index < -0.39 is 0 Å². The molecule has 0 aliphatic rings. The smallest absolute Gasteiger partial charge is 0.0898 e. The fourth-order valence-electron chi connectivity index (χ4n) is 1.87. The van der Waals surface area contributed by atoms with Gasteiger partial charge >= 0.3 is 0 Å². The zero-order valence-corrected chi connectivity index (χ0v) is 12.3. The second-order valence-electron chi connectivity index (χ2n) is 4.40. The van der Waals surface area contributed by atoms with E-state index in [9.17, 15) is 0 Å². The topological polar surface area (TPSA) is 28.2 Å². The Hall–Kier alpha value is -0.450. The Balaban J connectivity index is 2.26. The molecule has 4 heteroatoms. The molecule has 0 saturated heterocycles. The number of thiazole rings is 1. The van der Waals surface area contributed by atoms with Crippen molar-refractivity contribution in [2.45, 2.75) is 40.2 Å². The molecule has 1 heterocycles. The monoisotopic (exact) mass is 255 g/mol. The predicted molar refractivity (Wildman–Crippen MR) is 75.7 cm³/mol. The van der Waals surface area contributed by atoms with Crippen LogP contribution in [0.1, 0.15) is 43.9 Å². The average Bonchev–Trinajstić information content (AvgIpc) is 2.74. The molecule has 17 heavy (non-hydrogen) atoms. The lowest BCUT2D eigenvalue weighted by Crippen LogP contribution is -2.33. The molecule has 1 atom stereocenters. The standard InChI is InChI=1S/C13H25N3S/c1-5-8-16(6-2)9-7-14-11(3)13-10-17-12(4)15-13/h10-11,14H,5-9H2,1-4H3. The number of aromatic nitrogens is 1. The fourth-order valence-corrected chi connectivity index (χ4v) is 2.57. The quantitative estimate of drug-likeness (QED) is 0.774. The summed E-state index contributed by atoms with van der Waals surface area (Å²) in [5.41, 5.74) is 1.17. The van der Waals surface area contributed by atoms with Crippen LogP contribution in [0.3, 0.4) is 0 Å². The Morgan fingerprint density at radius 1 is 1.41 bits per heavy atom. The third-order valence-electron chi connectivity index (χ3n) is 2.95. The van der Waals surface area contributed by atoms with Gasteiger partial charge in [0, 0.05) is 24.5 Å². The summed E-state index contributed by atoms with van der Waals surface area (Å²) in [5.74, 6) is 0. The highest BCUT2D eigenvalue weighted by atomic mass is 32.1. The van der Waals surface area contributed by atoms with Crippen LogP contribution in [0.5, 0.6) is 0 Å². The summed E-state index contributed by atoms with van der Waals surface area (Å²) < 4.78 is 0. The molecule has 0 amide bonds. The van der Waals surface area contributed by atoms with Crippen molar-refractivity contribution >= 4 is 11.3 Å². The first-order chi connectivity index (χ1) is 8.17. The van der Waals surface area contributed by atoms with Crippen LogP contribution in [0.25, 0.3) is 0 Å². The van der Waals surface area contributed by atoms with E-state index in [1.54, 1.807) is 11.3 Å². The van der Waals surface area contributed by atoms with Crippen LogP contribution in [0.15, 0.2) is 5.38 Å². The molecule has 1 rings (SSSR count). The summed E-state index contributed by atoms with van der Waals surface area (Å²) in [6.07, 6.45) is 1.23. The van der Waals surface area contributed by atoms with Gasteiger partial charge in [0.2, 0.25) is 0 Å². The predicted octanol–water partition coefficient (Wildman–Crippen LogP) is 2.83. The van der Waals surface area contributed by atoms with Gasteiger partial charge in [-0.2, -0.15) is 0 Å². The van der Waals surface area contributed by atoms with Gasteiger partial charge in [-0.25, -0.2) is 4.98 Å². The summed E-state index contributed by atoms with van der Waals surface area (Å²) in [7, 11) is 0. The third kappa shape index (κ3) is 5.15. The molecule has 98 valence electrons. The zero-order chi connectivity index (χ0) is 12.7. The maximum absolute atomic E-state index is 4.51. The van der Waals surface area contributed by atoms with Crippen molar-refractivity contribution < 1.29 is 0 Å². The molecule has 0 radical (unpaired) electrons. The minimum Gasteiger partial charge on any atom is -0.308 e. The first kappa shape index (κ1) is 14.6. The lowest BCUT2D eigenvalue weighted by atomic mass is 10.2. The highest BCUT2D eigenvalue weighted by Gasteiger charge is 2.08. The molecule has 0 fully saturated rings. The van der Waals surface area contributed by atoms with Gasteiger partial charge in [0.25, 0.3) is 0 Å². The van der Waals surface area contributed by atoms with Gasteiger partial charge < -0.3 is 10.2 Å². The summed E-state index contributed by atoms with van der Waals surface area (Å²) >= 11 is 1.72. The molecule has 1 N–H and O–H groups in total. The van der Waals surface area contributed by atoms with Gasteiger partial charge in [0.1, 0.15) is 0 Å². The molecule has 0 bridgehead atoms. The van der Waals surface area contributed by atoms with E-state index in [4.69, 9.17) is 0 Å². The first-order valence-electron chi connectivity index (χ1n) is 6.55. The van der Waals surface area contributed by atoms with Crippen LogP contribution >= 0.6 is 11.3 Å². The molecule has 0 aliphatic carbocycles. The Bertz CT molecular complexity index is 311. The van der Waals surface area contributed by atoms with Crippen molar-refractivity contribution in [3.05, 3.63) is 16.1 Å². The summed E-state index contributed by atoms with van der Waals surface area (Å²) in [6.45, 7) is 13.2. The number of likely N-dealkylation sites (N-methyl/N-ethyl adjacent to an activating group) is 1. The number of aryl methyl sites for hydroxylation is 1. The molecule has 1 aromatic rings. The lowest BCUT2D eigenvalue weighted by Gasteiger charge is -2.21. The Morgan fingerprint density at radius 2 is 2.18 bits per heavy atom. The average molecular weight is 255 g/mol. The molecular weight excluding hydrogens is 230 g/mol. The highest BCUT2D eigenvalue weighted by Crippen LogP contribution is 2.15. The van der Waals surface area contributed by atoms with Crippen LogP contribution in [-0.4, -0.2) is 36.1 Å². The molecular formula is C13H25N3S. The van der Waals surface area contributed by atoms with E-state index in [-0.39, 0.29) is 0 Å². The van der Waals surface area contributed by atoms with Crippen LogP contribution in [0, 0.1) is 6.92 Å². The lowest BCUT2D eigenvalue weighted by molar-refractivity contribution is 0.283. The second kappa shape index (κ2) is 7.80. The number of nitrogens with zero attached hydrogens (tertiary/aromatic N) is 2. The van der Waals surface area contributed by atoms with Crippen molar-refractivity contribution in [2.75, 3.05) is 26.2 Å². The minimum atomic E-state index is 0.361. The molecule has 0 aliphatic heterocycles. The van der Waals surface area contributed by atoms with Gasteiger partial charge in [-0.05, 0) is 33.4 Å².